The molecular weight excluding hydrogens is 267 g/mol. The van der Waals surface area contributed by atoms with Crippen molar-refractivity contribution in [3.8, 4) is 0 Å². The quantitative estimate of drug-likeness (QED) is 0.909. The molecule has 2 atom stereocenters. The number of halogens is 1. The van der Waals surface area contributed by atoms with E-state index in [1.54, 1.807) is 6.07 Å². The summed E-state index contributed by atoms with van der Waals surface area (Å²) in [5.41, 5.74) is 3.24. The number of rotatable bonds is 3. The summed E-state index contributed by atoms with van der Waals surface area (Å²) in [6, 6.07) is 10.5. The smallest absolute Gasteiger partial charge is 0.248 e. The largest absolute Gasteiger partial charge is 0.326 e. The Morgan fingerprint density at radius 3 is 2.76 bits per heavy atom. The number of nitrogens with one attached hydrogen (secondary N) is 2. The maximum Gasteiger partial charge on any atom is 0.248 e. The average Bonchev–Trinajstić information content (AvgIpc) is 2.47. The zero-order valence-corrected chi connectivity index (χ0v) is 12.0. The van der Waals surface area contributed by atoms with Crippen LogP contribution in [0.4, 0.5) is 4.39 Å². The number of benzene rings is 1. The van der Waals surface area contributed by atoms with Crippen LogP contribution in [0.3, 0.4) is 0 Å². The van der Waals surface area contributed by atoms with Crippen molar-refractivity contribution in [3.05, 3.63) is 69.4 Å². The van der Waals surface area contributed by atoms with Crippen molar-refractivity contribution in [1.29, 1.82) is 0 Å². The monoisotopic (exact) mass is 286 g/mol. The molecule has 1 aromatic heterocycles. The summed E-state index contributed by atoms with van der Waals surface area (Å²) in [6.45, 7) is 2.08. The average molecular weight is 286 g/mol. The minimum Gasteiger partial charge on any atom is -0.326 e. The van der Waals surface area contributed by atoms with Crippen molar-refractivity contribution in [2.75, 3.05) is 0 Å². The van der Waals surface area contributed by atoms with Crippen molar-refractivity contribution in [2.45, 2.75) is 38.3 Å². The number of aryl methyl sites for hydroxylation is 1. The van der Waals surface area contributed by atoms with Gasteiger partial charge in [-0.2, -0.15) is 0 Å². The minimum absolute atomic E-state index is 0.0408. The van der Waals surface area contributed by atoms with Gasteiger partial charge in [0.1, 0.15) is 5.82 Å². The van der Waals surface area contributed by atoms with E-state index in [0.717, 1.165) is 30.5 Å². The van der Waals surface area contributed by atoms with Gasteiger partial charge in [-0.1, -0.05) is 18.2 Å². The summed E-state index contributed by atoms with van der Waals surface area (Å²) in [5.74, 6) is -0.216. The molecule has 21 heavy (non-hydrogen) atoms. The maximum absolute atomic E-state index is 13.0. The number of fused-ring (bicyclic) bond motifs is 1. The van der Waals surface area contributed by atoms with Gasteiger partial charge >= 0.3 is 0 Å². The van der Waals surface area contributed by atoms with Crippen LogP contribution in [-0.4, -0.2) is 4.98 Å². The van der Waals surface area contributed by atoms with Gasteiger partial charge in [-0.05, 0) is 49.4 Å². The van der Waals surface area contributed by atoms with Gasteiger partial charge in [0, 0.05) is 23.8 Å². The Balaban J connectivity index is 1.80. The predicted molar refractivity (Wildman–Crippen MR) is 80.7 cm³/mol. The molecular formula is C17H19FN2O. The van der Waals surface area contributed by atoms with E-state index in [4.69, 9.17) is 0 Å². The van der Waals surface area contributed by atoms with Crippen LogP contribution >= 0.6 is 0 Å². The Morgan fingerprint density at radius 2 is 2.00 bits per heavy atom. The van der Waals surface area contributed by atoms with Crippen LogP contribution in [0.15, 0.2) is 41.2 Å². The summed E-state index contributed by atoms with van der Waals surface area (Å²) in [5, 5.41) is 3.59. The molecule has 0 radical (unpaired) electrons. The van der Waals surface area contributed by atoms with Crippen LogP contribution in [0.1, 0.15) is 48.7 Å². The normalized spacial score (nSPS) is 19.0. The van der Waals surface area contributed by atoms with E-state index in [0.29, 0.717) is 0 Å². The van der Waals surface area contributed by atoms with Crippen molar-refractivity contribution in [2.24, 2.45) is 0 Å². The van der Waals surface area contributed by atoms with Crippen molar-refractivity contribution >= 4 is 0 Å². The number of hydrogen-bond donors (Lipinski definition) is 2. The first kappa shape index (κ1) is 14.0. The maximum atomic E-state index is 13.0. The van der Waals surface area contributed by atoms with Gasteiger partial charge in [0.2, 0.25) is 5.56 Å². The third-order valence-corrected chi connectivity index (χ3v) is 4.15. The number of pyridine rings is 1. The van der Waals surface area contributed by atoms with Gasteiger partial charge in [-0.25, -0.2) is 4.39 Å². The highest BCUT2D eigenvalue weighted by molar-refractivity contribution is 5.27. The van der Waals surface area contributed by atoms with Crippen LogP contribution < -0.4 is 10.9 Å². The van der Waals surface area contributed by atoms with E-state index >= 15 is 0 Å². The zero-order chi connectivity index (χ0) is 14.8. The molecule has 2 aromatic rings. The molecule has 2 unspecified atom stereocenters. The van der Waals surface area contributed by atoms with E-state index in [-0.39, 0.29) is 23.5 Å². The fourth-order valence-electron chi connectivity index (χ4n) is 3.02. The Labute approximate surface area is 123 Å². The summed E-state index contributed by atoms with van der Waals surface area (Å²) in [6.07, 6.45) is 3.03. The molecule has 0 aliphatic heterocycles. The molecule has 1 aliphatic rings. The Morgan fingerprint density at radius 1 is 1.24 bits per heavy atom. The summed E-state index contributed by atoms with van der Waals surface area (Å²) < 4.78 is 13.0. The zero-order valence-electron chi connectivity index (χ0n) is 12.0. The van der Waals surface area contributed by atoms with Crippen molar-refractivity contribution in [1.82, 2.24) is 10.3 Å². The van der Waals surface area contributed by atoms with Gasteiger partial charge in [-0.15, -0.1) is 0 Å². The van der Waals surface area contributed by atoms with E-state index in [9.17, 15) is 9.18 Å². The summed E-state index contributed by atoms with van der Waals surface area (Å²) >= 11 is 0. The highest BCUT2D eigenvalue weighted by Crippen LogP contribution is 2.30. The van der Waals surface area contributed by atoms with Crippen LogP contribution in [0.2, 0.25) is 0 Å². The molecule has 0 saturated carbocycles. The molecule has 0 fully saturated rings. The van der Waals surface area contributed by atoms with E-state index in [1.165, 1.54) is 17.7 Å². The molecule has 0 saturated heterocycles. The summed E-state index contributed by atoms with van der Waals surface area (Å²) in [7, 11) is 0. The number of aromatic amines is 1. The fourth-order valence-corrected chi connectivity index (χ4v) is 3.02. The lowest BCUT2D eigenvalue weighted by molar-refractivity contribution is 0.411. The van der Waals surface area contributed by atoms with Crippen LogP contribution in [-0.2, 0) is 6.42 Å². The first-order valence-electron chi connectivity index (χ1n) is 7.37. The summed E-state index contributed by atoms with van der Waals surface area (Å²) in [4.78, 5) is 14.3. The Hall–Kier alpha value is -1.94. The SMILES string of the molecule is CC(NC1CCCc2[nH]c(=O)ccc21)c1ccc(F)cc1. The van der Waals surface area contributed by atoms with Gasteiger partial charge in [0.25, 0.3) is 0 Å². The molecule has 2 N–H and O–H groups in total. The number of aromatic nitrogens is 1. The third kappa shape index (κ3) is 3.05. The first-order chi connectivity index (χ1) is 10.1. The fraction of sp³-hybridized carbons (Fsp3) is 0.353. The molecule has 1 aliphatic carbocycles. The lowest BCUT2D eigenvalue weighted by Crippen LogP contribution is -2.29. The molecule has 0 spiro atoms. The highest BCUT2D eigenvalue weighted by Gasteiger charge is 2.22. The molecule has 1 heterocycles. The topological polar surface area (TPSA) is 44.9 Å². The second kappa shape index (κ2) is 5.82. The lowest BCUT2D eigenvalue weighted by Gasteiger charge is -2.29. The van der Waals surface area contributed by atoms with Gasteiger partial charge in [0.05, 0.1) is 0 Å². The van der Waals surface area contributed by atoms with E-state index < -0.39 is 0 Å². The van der Waals surface area contributed by atoms with Crippen LogP contribution in [0.5, 0.6) is 0 Å². The van der Waals surface area contributed by atoms with Crippen LogP contribution in [0, 0.1) is 5.82 Å². The van der Waals surface area contributed by atoms with Gasteiger partial charge in [0.15, 0.2) is 0 Å². The second-order valence-corrected chi connectivity index (χ2v) is 5.64. The predicted octanol–water partition coefficient (Wildman–Crippen LogP) is 3.24. The second-order valence-electron chi connectivity index (χ2n) is 5.64. The third-order valence-electron chi connectivity index (χ3n) is 4.15. The first-order valence-corrected chi connectivity index (χ1v) is 7.37. The van der Waals surface area contributed by atoms with Gasteiger partial charge in [-0.3, -0.25) is 4.79 Å². The molecule has 3 rings (SSSR count). The minimum atomic E-state index is -0.216. The standard InChI is InChI=1S/C17H19FN2O/c1-11(12-5-7-13(18)8-6-12)19-15-3-2-4-16-14(15)9-10-17(21)20-16/h5-11,15,19H,2-4H2,1H3,(H,20,21). The number of hydrogen-bond acceptors (Lipinski definition) is 2. The van der Waals surface area contributed by atoms with E-state index in [2.05, 4.69) is 17.2 Å². The lowest BCUT2D eigenvalue weighted by atomic mass is 9.90. The molecule has 1 aromatic carbocycles. The van der Waals surface area contributed by atoms with Crippen molar-refractivity contribution < 1.29 is 4.39 Å². The number of H-pyrrole nitrogens is 1. The van der Waals surface area contributed by atoms with Crippen LogP contribution in [0.25, 0.3) is 0 Å². The van der Waals surface area contributed by atoms with E-state index in [1.807, 2.05) is 18.2 Å². The molecule has 0 bridgehead atoms. The molecule has 4 heteroatoms. The van der Waals surface area contributed by atoms with Crippen molar-refractivity contribution in [3.63, 3.8) is 0 Å². The molecule has 110 valence electrons. The Bertz CT molecular complexity index is 678. The van der Waals surface area contributed by atoms with Gasteiger partial charge < -0.3 is 10.3 Å². The Kier molecular flexibility index (Phi) is 3.88. The molecule has 3 nitrogen and oxygen atoms in total. The molecule has 0 amide bonds. The highest BCUT2D eigenvalue weighted by atomic mass is 19.1.